The largest absolute Gasteiger partial charge is 0.478 e. The fourth-order valence-corrected chi connectivity index (χ4v) is 3.23. The molecule has 1 atom stereocenters. The second-order valence-electron chi connectivity index (χ2n) is 6.10. The Morgan fingerprint density at radius 1 is 1.30 bits per heavy atom. The summed E-state index contributed by atoms with van der Waals surface area (Å²) in [4.78, 5) is 15.8. The molecule has 1 unspecified atom stereocenters. The number of aryl methyl sites for hydroxylation is 1. The maximum absolute atomic E-state index is 11.1. The van der Waals surface area contributed by atoms with Crippen LogP contribution >= 0.6 is 0 Å². The molecule has 122 valence electrons. The van der Waals surface area contributed by atoms with Crippen LogP contribution in [0.3, 0.4) is 0 Å². The molecule has 5 nitrogen and oxygen atoms in total. The van der Waals surface area contributed by atoms with Gasteiger partial charge in [-0.2, -0.15) is 0 Å². The highest BCUT2D eigenvalue weighted by molar-refractivity contribution is 5.88. The normalized spacial score (nSPS) is 19.0. The molecule has 0 saturated carbocycles. The Balaban J connectivity index is 1.64. The summed E-state index contributed by atoms with van der Waals surface area (Å²) in [6, 6.07) is 12.5. The molecule has 0 bridgehead atoms. The Kier molecular flexibility index (Phi) is 4.39. The van der Waals surface area contributed by atoms with E-state index in [1.165, 1.54) is 5.69 Å². The smallest absolute Gasteiger partial charge is 0.339 e. The molecular weight excluding hydrogens is 292 g/mol. The van der Waals surface area contributed by atoms with E-state index in [4.69, 9.17) is 9.52 Å². The SMILES string of the molecule is Cc1oc(CN2CCN(c3ccccc3)C(C)C2)cc1C(=O)O. The van der Waals surface area contributed by atoms with E-state index in [0.29, 0.717) is 18.3 Å². The van der Waals surface area contributed by atoms with Crippen molar-refractivity contribution in [1.82, 2.24) is 4.90 Å². The zero-order valence-electron chi connectivity index (χ0n) is 13.5. The van der Waals surface area contributed by atoms with Crippen LogP contribution in [0.5, 0.6) is 0 Å². The zero-order chi connectivity index (χ0) is 16.4. The van der Waals surface area contributed by atoms with Crippen molar-refractivity contribution < 1.29 is 14.3 Å². The van der Waals surface area contributed by atoms with Crippen molar-refractivity contribution in [3.05, 3.63) is 53.5 Å². The summed E-state index contributed by atoms with van der Waals surface area (Å²) in [6.45, 7) is 7.38. The summed E-state index contributed by atoms with van der Waals surface area (Å²) < 4.78 is 5.59. The fraction of sp³-hybridized carbons (Fsp3) is 0.389. The molecule has 1 aliphatic heterocycles. The first-order chi connectivity index (χ1) is 11.0. The van der Waals surface area contributed by atoms with E-state index in [1.54, 1.807) is 13.0 Å². The number of hydrogen-bond donors (Lipinski definition) is 1. The van der Waals surface area contributed by atoms with Gasteiger partial charge in [0.25, 0.3) is 0 Å². The molecule has 3 rings (SSSR count). The monoisotopic (exact) mass is 314 g/mol. The van der Waals surface area contributed by atoms with Crippen LogP contribution in [0.25, 0.3) is 0 Å². The lowest BCUT2D eigenvalue weighted by Gasteiger charge is -2.41. The lowest BCUT2D eigenvalue weighted by molar-refractivity contribution is 0.0695. The molecule has 2 aromatic rings. The summed E-state index contributed by atoms with van der Waals surface area (Å²) in [5.41, 5.74) is 1.51. The number of furan rings is 1. The van der Waals surface area contributed by atoms with E-state index in [9.17, 15) is 4.79 Å². The maximum atomic E-state index is 11.1. The maximum Gasteiger partial charge on any atom is 0.339 e. The van der Waals surface area contributed by atoms with E-state index >= 15 is 0 Å². The number of aromatic carboxylic acids is 1. The van der Waals surface area contributed by atoms with Crippen molar-refractivity contribution >= 4 is 11.7 Å². The van der Waals surface area contributed by atoms with Gasteiger partial charge in [-0.05, 0) is 32.0 Å². The van der Waals surface area contributed by atoms with Crippen molar-refractivity contribution in [3.8, 4) is 0 Å². The molecule has 2 heterocycles. The third kappa shape index (κ3) is 3.40. The predicted molar refractivity (Wildman–Crippen MR) is 88.9 cm³/mol. The second-order valence-corrected chi connectivity index (χ2v) is 6.10. The van der Waals surface area contributed by atoms with Gasteiger partial charge in [0, 0.05) is 31.4 Å². The minimum Gasteiger partial charge on any atom is -0.478 e. The molecule has 23 heavy (non-hydrogen) atoms. The van der Waals surface area contributed by atoms with Gasteiger partial charge in [0.15, 0.2) is 0 Å². The summed E-state index contributed by atoms with van der Waals surface area (Å²) in [5, 5.41) is 9.11. The molecule has 5 heteroatoms. The quantitative estimate of drug-likeness (QED) is 0.940. The molecule has 1 saturated heterocycles. The Bertz CT molecular complexity index is 681. The minimum atomic E-state index is -0.931. The first kappa shape index (κ1) is 15.6. The Morgan fingerprint density at radius 3 is 2.65 bits per heavy atom. The van der Waals surface area contributed by atoms with Gasteiger partial charge in [-0.15, -0.1) is 0 Å². The highest BCUT2D eigenvalue weighted by Gasteiger charge is 2.25. The number of piperazine rings is 1. The van der Waals surface area contributed by atoms with Crippen LogP contribution in [0.2, 0.25) is 0 Å². The third-order valence-corrected chi connectivity index (χ3v) is 4.38. The average molecular weight is 314 g/mol. The topological polar surface area (TPSA) is 56.9 Å². The molecule has 0 amide bonds. The van der Waals surface area contributed by atoms with Crippen molar-refractivity contribution in [2.75, 3.05) is 24.5 Å². The van der Waals surface area contributed by atoms with Gasteiger partial charge < -0.3 is 14.4 Å². The first-order valence-corrected chi connectivity index (χ1v) is 7.91. The number of nitrogens with zero attached hydrogens (tertiary/aromatic N) is 2. The minimum absolute atomic E-state index is 0.260. The standard InChI is InChI=1S/C18H22N2O3/c1-13-11-19(8-9-20(13)15-6-4-3-5-7-15)12-16-10-17(18(21)22)14(2)23-16/h3-7,10,13H,8-9,11-12H2,1-2H3,(H,21,22). The van der Waals surface area contributed by atoms with Crippen molar-refractivity contribution in [2.45, 2.75) is 26.4 Å². The fourth-order valence-electron chi connectivity index (χ4n) is 3.23. The number of para-hydroxylation sites is 1. The van der Waals surface area contributed by atoms with E-state index in [1.807, 2.05) is 6.07 Å². The van der Waals surface area contributed by atoms with Crippen LogP contribution in [0.15, 0.2) is 40.8 Å². The Hall–Kier alpha value is -2.27. The number of benzene rings is 1. The molecule has 1 aromatic heterocycles. The number of carboxylic acids is 1. The summed E-state index contributed by atoms with van der Waals surface area (Å²) in [6.07, 6.45) is 0. The number of hydrogen-bond acceptors (Lipinski definition) is 4. The van der Waals surface area contributed by atoms with Crippen LogP contribution in [-0.4, -0.2) is 41.7 Å². The first-order valence-electron chi connectivity index (χ1n) is 7.91. The van der Waals surface area contributed by atoms with Gasteiger partial charge in [-0.1, -0.05) is 18.2 Å². The molecule has 1 aliphatic rings. The zero-order valence-corrected chi connectivity index (χ0v) is 13.5. The Morgan fingerprint density at radius 2 is 2.04 bits per heavy atom. The molecule has 0 aliphatic carbocycles. The van der Waals surface area contributed by atoms with Crippen LogP contribution in [0, 0.1) is 6.92 Å². The van der Waals surface area contributed by atoms with Crippen LogP contribution < -0.4 is 4.90 Å². The van der Waals surface area contributed by atoms with Gasteiger partial charge in [0.2, 0.25) is 0 Å². The number of carbonyl (C=O) groups is 1. The number of rotatable bonds is 4. The molecular formula is C18H22N2O3. The molecule has 1 aromatic carbocycles. The van der Waals surface area contributed by atoms with Crippen LogP contribution in [0.4, 0.5) is 5.69 Å². The highest BCUT2D eigenvalue weighted by atomic mass is 16.4. The molecule has 1 N–H and O–H groups in total. The lowest BCUT2D eigenvalue weighted by atomic mass is 10.1. The van der Waals surface area contributed by atoms with E-state index < -0.39 is 5.97 Å². The van der Waals surface area contributed by atoms with Crippen molar-refractivity contribution in [1.29, 1.82) is 0 Å². The summed E-state index contributed by atoms with van der Waals surface area (Å²) in [7, 11) is 0. The third-order valence-electron chi connectivity index (χ3n) is 4.38. The van der Waals surface area contributed by atoms with Gasteiger partial charge >= 0.3 is 5.97 Å². The molecule has 0 spiro atoms. The highest BCUT2D eigenvalue weighted by Crippen LogP contribution is 2.22. The lowest BCUT2D eigenvalue weighted by Crippen LogP contribution is -2.51. The van der Waals surface area contributed by atoms with Gasteiger partial charge in [0.05, 0.1) is 6.54 Å². The summed E-state index contributed by atoms with van der Waals surface area (Å²) in [5.74, 6) is 0.267. The van der Waals surface area contributed by atoms with Crippen LogP contribution in [-0.2, 0) is 6.54 Å². The molecule has 0 radical (unpaired) electrons. The summed E-state index contributed by atoms with van der Waals surface area (Å²) >= 11 is 0. The van der Waals surface area contributed by atoms with Crippen LogP contribution in [0.1, 0.15) is 28.8 Å². The van der Waals surface area contributed by atoms with E-state index in [-0.39, 0.29) is 5.56 Å². The molecule has 1 fully saturated rings. The van der Waals surface area contributed by atoms with Crippen molar-refractivity contribution in [2.24, 2.45) is 0 Å². The predicted octanol–water partition coefficient (Wildman–Crippen LogP) is 3.00. The van der Waals surface area contributed by atoms with E-state index in [2.05, 4.69) is 41.0 Å². The van der Waals surface area contributed by atoms with Gasteiger partial charge in [-0.3, -0.25) is 4.90 Å². The Labute approximate surface area is 136 Å². The van der Waals surface area contributed by atoms with Crippen molar-refractivity contribution in [3.63, 3.8) is 0 Å². The van der Waals surface area contributed by atoms with Gasteiger partial charge in [-0.25, -0.2) is 4.79 Å². The average Bonchev–Trinajstić information content (AvgIpc) is 2.89. The number of anilines is 1. The second kappa shape index (κ2) is 6.46. The van der Waals surface area contributed by atoms with E-state index in [0.717, 1.165) is 25.4 Å². The number of carboxylic acid groups (broad SMARTS) is 1. The van der Waals surface area contributed by atoms with Gasteiger partial charge in [0.1, 0.15) is 17.1 Å².